The van der Waals surface area contributed by atoms with Crippen molar-refractivity contribution >= 4 is 67.1 Å². The number of thiophene rings is 1. The molecule has 2 aromatic heterocycles. The van der Waals surface area contributed by atoms with Crippen molar-refractivity contribution in [2.75, 3.05) is 25.5 Å². The van der Waals surface area contributed by atoms with Gasteiger partial charge in [0.25, 0.3) is 10.0 Å². The second kappa shape index (κ2) is 12.8. The predicted octanol–water partition coefficient (Wildman–Crippen LogP) is 7.23. The Morgan fingerprint density at radius 2 is 1.57 bits per heavy atom. The summed E-state index contributed by atoms with van der Waals surface area (Å²) in [6.45, 7) is 0.630. The monoisotopic (exact) mass is 666 g/mol. The van der Waals surface area contributed by atoms with Gasteiger partial charge in [0, 0.05) is 40.5 Å². The summed E-state index contributed by atoms with van der Waals surface area (Å²) >= 11 is 13.4. The fourth-order valence-electron chi connectivity index (χ4n) is 5.59. The number of nitrogens with one attached hydrogen (secondary N) is 1. The van der Waals surface area contributed by atoms with Gasteiger partial charge in [0.1, 0.15) is 4.21 Å². The molecule has 5 aromatic rings. The molecule has 12 heteroatoms. The number of sulfonamides is 1. The highest BCUT2D eigenvalue weighted by molar-refractivity contribution is 7.91. The van der Waals surface area contributed by atoms with Gasteiger partial charge in [-0.25, -0.2) is 13.2 Å². The molecule has 3 heterocycles. The van der Waals surface area contributed by atoms with E-state index in [1.807, 2.05) is 54.6 Å². The molecule has 0 aliphatic carbocycles. The Balaban J connectivity index is 1.25. The van der Waals surface area contributed by atoms with Crippen LogP contribution >= 0.6 is 34.5 Å². The summed E-state index contributed by atoms with van der Waals surface area (Å²) in [5.41, 5.74) is 4.88. The van der Waals surface area contributed by atoms with Gasteiger partial charge in [-0.15, -0.1) is 11.3 Å². The lowest BCUT2D eigenvalue weighted by molar-refractivity contribution is 0.0597. The molecule has 1 aliphatic rings. The first-order chi connectivity index (χ1) is 21.2. The number of rotatable bonds is 8. The zero-order chi connectivity index (χ0) is 30.8. The van der Waals surface area contributed by atoms with Crippen LogP contribution in [0.4, 0.5) is 5.69 Å². The molecule has 6 rings (SSSR count). The Bertz CT molecular complexity index is 1860. The Labute approximate surface area is 269 Å². The minimum atomic E-state index is -3.82. The molecule has 0 amide bonds. The van der Waals surface area contributed by atoms with Gasteiger partial charge in [-0.1, -0.05) is 53.5 Å². The van der Waals surface area contributed by atoms with Crippen molar-refractivity contribution in [3.05, 3.63) is 117 Å². The molecule has 1 saturated heterocycles. The Hall–Kier alpha value is -3.54. The molecule has 0 radical (unpaired) electrons. The van der Waals surface area contributed by atoms with E-state index in [9.17, 15) is 13.2 Å². The Morgan fingerprint density at radius 1 is 0.955 bits per heavy atom. The van der Waals surface area contributed by atoms with Crippen molar-refractivity contribution in [3.63, 3.8) is 0 Å². The lowest BCUT2D eigenvalue weighted by Gasteiger charge is -2.32. The standard InChI is InChI=1S/C32H28Cl2N4O4S2/c1-42-31(39)26-14-17-43-32(26)44(40,41)38-15-12-25(13-16-38)36-29-19-35-37-28-11-6-22(18-27(28)29)30(20-2-7-23(33)8-3-20)21-4-9-24(34)10-5-21/h2-11,14,17-19,25,30H,12-13,15-16H2,1H3,(H,36,37). The Morgan fingerprint density at radius 3 is 2.18 bits per heavy atom. The molecule has 1 aliphatic heterocycles. The Kier molecular flexibility index (Phi) is 8.89. The lowest BCUT2D eigenvalue weighted by atomic mass is 9.84. The lowest BCUT2D eigenvalue weighted by Crippen LogP contribution is -2.42. The highest BCUT2D eigenvalue weighted by atomic mass is 35.5. The molecule has 0 saturated carbocycles. The number of halogens is 2. The molecule has 44 heavy (non-hydrogen) atoms. The molecule has 0 unspecified atom stereocenters. The van der Waals surface area contributed by atoms with Gasteiger partial charge in [0.15, 0.2) is 0 Å². The van der Waals surface area contributed by atoms with Crippen LogP contribution in [0.5, 0.6) is 0 Å². The van der Waals surface area contributed by atoms with Crippen molar-refractivity contribution in [1.82, 2.24) is 14.5 Å². The largest absolute Gasteiger partial charge is 0.465 e. The maximum atomic E-state index is 13.4. The number of piperidine rings is 1. The second-order valence-corrected chi connectivity index (χ2v) is 14.4. The zero-order valence-corrected chi connectivity index (χ0v) is 26.8. The molecule has 0 bridgehead atoms. The zero-order valence-electron chi connectivity index (χ0n) is 23.6. The van der Waals surface area contributed by atoms with Gasteiger partial charge in [-0.3, -0.25) is 0 Å². The maximum Gasteiger partial charge on any atom is 0.340 e. The molecular weight excluding hydrogens is 639 g/mol. The maximum absolute atomic E-state index is 13.4. The number of ether oxygens (including phenoxy) is 1. The van der Waals surface area contributed by atoms with E-state index in [1.165, 1.54) is 17.5 Å². The number of esters is 1. The minimum absolute atomic E-state index is 0.0172. The smallest absolute Gasteiger partial charge is 0.340 e. The van der Waals surface area contributed by atoms with Crippen LogP contribution < -0.4 is 5.32 Å². The normalized spacial score (nSPS) is 14.6. The van der Waals surface area contributed by atoms with E-state index in [-0.39, 0.29) is 21.7 Å². The second-order valence-electron chi connectivity index (χ2n) is 10.5. The van der Waals surface area contributed by atoms with Crippen LogP contribution in [-0.4, -0.2) is 55.1 Å². The van der Waals surface area contributed by atoms with Gasteiger partial charge in [-0.2, -0.15) is 14.5 Å². The van der Waals surface area contributed by atoms with Crippen LogP contribution in [0.15, 0.2) is 88.6 Å². The molecule has 3 aromatic carbocycles. The van der Waals surface area contributed by atoms with Crippen molar-refractivity contribution in [2.45, 2.75) is 29.0 Å². The van der Waals surface area contributed by atoms with Crippen molar-refractivity contribution in [1.29, 1.82) is 0 Å². The first kappa shape index (κ1) is 30.5. The molecular formula is C32H28Cl2N4O4S2. The number of carbonyl (C=O) groups is 1. The number of aromatic nitrogens is 2. The van der Waals surface area contributed by atoms with Gasteiger partial charge in [0.05, 0.1) is 30.1 Å². The van der Waals surface area contributed by atoms with Gasteiger partial charge < -0.3 is 10.1 Å². The number of fused-ring (bicyclic) bond motifs is 1. The van der Waals surface area contributed by atoms with Crippen LogP contribution in [0.1, 0.15) is 45.8 Å². The highest BCUT2D eigenvalue weighted by Gasteiger charge is 2.34. The quantitative estimate of drug-likeness (QED) is 0.138. The number of anilines is 1. The van der Waals surface area contributed by atoms with E-state index in [0.29, 0.717) is 36.0 Å². The van der Waals surface area contributed by atoms with Crippen LogP contribution in [-0.2, 0) is 14.8 Å². The van der Waals surface area contributed by atoms with E-state index in [4.69, 9.17) is 27.9 Å². The summed E-state index contributed by atoms with van der Waals surface area (Å²) in [5.74, 6) is -0.734. The predicted molar refractivity (Wildman–Crippen MR) is 174 cm³/mol. The van der Waals surface area contributed by atoms with E-state index in [0.717, 1.165) is 44.6 Å². The number of methoxy groups -OCH3 is 1. The van der Waals surface area contributed by atoms with Crippen molar-refractivity contribution in [3.8, 4) is 0 Å². The first-order valence-electron chi connectivity index (χ1n) is 13.9. The van der Waals surface area contributed by atoms with Crippen molar-refractivity contribution in [2.24, 2.45) is 0 Å². The van der Waals surface area contributed by atoms with Crippen LogP contribution in [0.2, 0.25) is 10.0 Å². The van der Waals surface area contributed by atoms with Gasteiger partial charge in [-0.05, 0) is 77.4 Å². The summed E-state index contributed by atoms with van der Waals surface area (Å²) in [4.78, 5) is 12.1. The molecule has 8 nitrogen and oxygen atoms in total. The molecule has 1 fully saturated rings. The molecule has 1 N–H and O–H groups in total. The summed E-state index contributed by atoms with van der Waals surface area (Å²) in [6, 6.07) is 23.3. The third-order valence-corrected chi connectivity index (χ3v) is 11.7. The molecule has 0 spiro atoms. The van der Waals surface area contributed by atoms with E-state index >= 15 is 0 Å². The summed E-state index contributed by atoms with van der Waals surface area (Å²) < 4.78 is 33.0. The fourth-order valence-corrected chi connectivity index (χ4v) is 8.77. The van der Waals surface area contributed by atoms with E-state index < -0.39 is 16.0 Å². The first-order valence-corrected chi connectivity index (χ1v) is 17.0. The van der Waals surface area contributed by atoms with E-state index in [2.05, 4.69) is 27.6 Å². The fraction of sp³-hybridized carbons (Fsp3) is 0.219. The van der Waals surface area contributed by atoms with Gasteiger partial charge in [0.2, 0.25) is 0 Å². The van der Waals surface area contributed by atoms with Crippen LogP contribution in [0, 0.1) is 0 Å². The number of hydrogen-bond donors (Lipinski definition) is 1. The van der Waals surface area contributed by atoms with Crippen LogP contribution in [0.25, 0.3) is 10.9 Å². The number of hydrogen-bond acceptors (Lipinski definition) is 8. The molecule has 0 atom stereocenters. The summed E-state index contributed by atoms with van der Waals surface area (Å²) in [7, 11) is -2.58. The number of benzene rings is 3. The number of nitrogens with zero attached hydrogens (tertiary/aromatic N) is 3. The summed E-state index contributed by atoms with van der Waals surface area (Å²) in [6.07, 6.45) is 2.88. The minimum Gasteiger partial charge on any atom is -0.465 e. The highest BCUT2D eigenvalue weighted by Crippen LogP contribution is 2.36. The van der Waals surface area contributed by atoms with Gasteiger partial charge >= 0.3 is 5.97 Å². The topological polar surface area (TPSA) is 101 Å². The van der Waals surface area contributed by atoms with Crippen LogP contribution in [0.3, 0.4) is 0 Å². The average molecular weight is 668 g/mol. The average Bonchev–Trinajstić information content (AvgIpc) is 3.55. The molecule has 226 valence electrons. The third-order valence-electron chi connectivity index (χ3n) is 7.83. The third kappa shape index (κ3) is 6.18. The SMILES string of the molecule is COC(=O)c1ccsc1S(=O)(=O)N1CCC(Nc2cnnc3ccc(C(c4ccc(Cl)cc4)c4ccc(Cl)cc4)cc23)CC1. The number of carbonyl (C=O) groups excluding carboxylic acids is 1. The van der Waals surface area contributed by atoms with Crippen molar-refractivity contribution < 1.29 is 17.9 Å². The summed E-state index contributed by atoms with van der Waals surface area (Å²) in [5, 5.41) is 16.0. The van der Waals surface area contributed by atoms with E-state index in [1.54, 1.807) is 11.6 Å².